The maximum atomic E-state index is 12.6. The highest BCUT2D eigenvalue weighted by atomic mass is 16.5. The van der Waals surface area contributed by atoms with Crippen LogP contribution in [0.3, 0.4) is 0 Å². The highest BCUT2D eigenvalue weighted by Gasteiger charge is 2.35. The summed E-state index contributed by atoms with van der Waals surface area (Å²) in [6, 6.07) is 11.0. The first-order valence-electron chi connectivity index (χ1n) is 12.8. The molecular weight excluding hydrogens is 474 g/mol. The van der Waals surface area contributed by atoms with Crippen LogP contribution in [0.15, 0.2) is 36.4 Å². The van der Waals surface area contributed by atoms with Gasteiger partial charge in [-0.2, -0.15) is 0 Å². The molecule has 5 rings (SSSR count). The highest BCUT2D eigenvalue weighted by molar-refractivity contribution is 5.95. The molecule has 1 aliphatic carbocycles. The Morgan fingerprint density at radius 3 is 2.68 bits per heavy atom. The van der Waals surface area contributed by atoms with Crippen molar-refractivity contribution in [3.05, 3.63) is 53.3 Å². The molecule has 0 saturated heterocycles. The number of methoxy groups -OCH3 is 2. The standard InChI is InChI=1S/C28H33N3O6/c1-16-10-11-21-22(30(16)28(35)37-3)12-13-23-24(21)29-26(25(32)17-6-5-9-20(15-17)36-2)31(23)19-8-4-7-18(14-19)27(33)34/h5-6,9,12-13,15-16,18-19,25,32H,4,7-8,10-11,14H2,1-3H3,(H,33,34)/t16-,18+,19+,25-/m0/s1. The number of aliphatic hydroxyl groups is 1. The van der Waals surface area contributed by atoms with E-state index in [1.165, 1.54) is 7.11 Å². The second kappa shape index (κ2) is 10.0. The lowest BCUT2D eigenvalue weighted by Gasteiger charge is -2.34. The van der Waals surface area contributed by atoms with Crippen molar-refractivity contribution >= 4 is 28.8 Å². The fraction of sp³-hybridized carbons (Fsp3) is 0.464. The largest absolute Gasteiger partial charge is 0.497 e. The molecule has 2 N–H and O–H groups in total. The molecule has 1 fully saturated rings. The Hall–Kier alpha value is -3.59. The quantitative estimate of drug-likeness (QED) is 0.507. The number of imidazole rings is 1. The second-order valence-electron chi connectivity index (χ2n) is 10.0. The van der Waals surface area contributed by atoms with E-state index in [0.29, 0.717) is 30.0 Å². The smallest absolute Gasteiger partial charge is 0.414 e. The van der Waals surface area contributed by atoms with Crippen molar-refractivity contribution in [3.8, 4) is 5.75 Å². The Morgan fingerprint density at radius 2 is 1.95 bits per heavy atom. The number of amides is 1. The van der Waals surface area contributed by atoms with E-state index < -0.39 is 24.1 Å². The van der Waals surface area contributed by atoms with Gasteiger partial charge in [-0.05, 0) is 68.9 Å². The summed E-state index contributed by atoms with van der Waals surface area (Å²) in [4.78, 5) is 31.1. The lowest BCUT2D eigenvalue weighted by Crippen LogP contribution is -2.42. The number of carbonyl (C=O) groups is 2. The van der Waals surface area contributed by atoms with Crippen molar-refractivity contribution in [2.45, 2.75) is 63.6 Å². The molecule has 0 radical (unpaired) electrons. The van der Waals surface area contributed by atoms with Crippen LogP contribution in [0.25, 0.3) is 11.0 Å². The molecule has 2 aromatic carbocycles. The lowest BCUT2D eigenvalue weighted by molar-refractivity contribution is -0.143. The van der Waals surface area contributed by atoms with Crippen LogP contribution in [0.1, 0.15) is 68.1 Å². The van der Waals surface area contributed by atoms with Crippen LogP contribution >= 0.6 is 0 Å². The van der Waals surface area contributed by atoms with Gasteiger partial charge in [0.15, 0.2) is 0 Å². The van der Waals surface area contributed by atoms with Crippen LogP contribution in [0, 0.1) is 5.92 Å². The van der Waals surface area contributed by atoms with E-state index in [2.05, 4.69) is 0 Å². The number of hydrogen-bond acceptors (Lipinski definition) is 6. The lowest BCUT2D eigenvalue weighted by atomic mass is 9.85. The SMILES string of the molecule is COC(=O)N1c2ccc3c(nc([C@@H](O)c4cccc(OC)c4)n3[C@@H]3CCC[C@@H](C(=O)O)C3)c2CC[C@@H]1C. The molecule has 0 bridgehead atoms. The van der Waals surface area contributed by atoms with Gasteiger partial charge in [0.2, 0.25) is 0 Å². The predicted molar refractivity (Wildman–Crippen MR) is 138 cm³/mol. The molecule has 1 aliphatic heterocycles. The van der Waals surface area contributed by atoms with E-state index in [-0.39, 0.29) is 12.1 Å². The minimum Gasteiger partial charge on any atom is -0.497 e. The molecule has 9 nitrogen and oxygen atoms in total. The number of carbonyl (C=O) groups excluding carboxylic acids is 1. The number of aromatic nitrogens is 2. The fourth-order valence-electron chi connectivity index (χ4n) is 5.95. The summed E-state index contributed by atoms with van der Waals surface area (Å²) in [6.07, 6.45) is 2.74. The minimum absolute atomic E-state index is 0.0176. The molecule has 2 heterocycles. The van der Waals surface area contributed by atoms with Gasteiger partial charge in [0.25, 0.3) is 0 Å². The van der Waals surface area contributed by atoms with Crippen LogP contribution in [0.5, 0.6) is 5.75 Å². The number of nitrogens with zero attached hydrogens (tertiary/aromatic N) is 3. The van der Waals surface area contributed by atoms with Gasteiger partial charge >= 0.3 is 12.1 Å². The Kier molecular flexibility index (Phi) is 6.81. The molecule has 9 heteroatoms. The van der Waals surface area contributed by atoms with Gasteiger partial charge in [-0.1, -0.05) is 18.6 Å². The summed E-state index contributed by atoms with van der Waals surface area (Å²) in [5.41, 5.74) is 3.90. The van der Waals surface area contributed by atoms with E-state index in [0.717, 1.165) is 48.0 Å². The van der Waals surface area contributed by atoms with Crippen LogP contribution in [0.2, 0.25) is 0 Å². The normalized spacial score (nSPS) is 22.4. The molecule has 2 aliphatic rings. The molecule has 4 atom stereocenters. The summed E-state index contributed by atoms with van der Waals surface area (Å²) in [5.74, 6) is -0.130. The summed E-state index contributed by atoms with van der Waals surface area (Å²) in [5, 5.41) is 21.3. The van der Waals surface area contributed by atoms with Crippen LogP contribution in [-0.4, -0.2) is 52.1 Å². The molecule has 1 amide bonds. The topological polar surface area (TPSA) is 114 Å². The summed E-state index contributed by atoms with van der Waals surface area (Å²) in [6.45, 7) is 1.99. The Labute approximate surface area is 215 Å². The minimum atomic E-state index is -1.04. The van der Waals surface area contributed by atoms with Crippen molar-refractivity contribution in [2.24, 2.45) is 5.92 Å². The van der Waals surface area contributed by atoms with Crippen LogP contribution in [0.4, 0.5) is 10.5 Å². The summed E-state index contributed by atoms with van der Waals surface area (Å²) < 4.78 is 12.5. The third kappa shape index (κ3) is 4.41. The van der Waals surface area contributed by atoms with Crippen molar-refractivity contribution in [1.29, 1.82) is 0 Å². The number of benzene rings is 2. The van der Waals surface area contributed by atoms with Gasteiger partial charge in [-0.15, -0.1) is 0 Å². The van der Waals surface area contributed by atoms with Crippen molar-refractivity contribution < 1.29 is 29.3 Å². The summed E-state index contributed by atoms with van der Waals surface area (Å²) in [7, 11) is 2.95. The molecule has 1 aromatic heterocycles. The van der Waals surface area contributed by atoms with Crippen molar-refractivity contribution in [3.63, 3.8) is 0 Å². The third-order valence-corrected chi connectivity index (χ3v) is 7.87. The van der Waals surface area contributed by atoms with Crippen LogP contribution in [-0.2, 0) is 16.0 Å². The number of anilines is 1. The zero-order valence-corrected chi connectivity index (χ0v) is 21.4. The second-order valence-corrected chi connectivity index (χ2v) is 10.0. The Bertz CT molecular complexity index is 1330. The monoisotopic (exact) mass is 507 g/mol. The van der Waals surface area contributed by atoms with Crippen molar-refractivity contribution in [1.82, 2.24) is 9.55 Å². The average Bonchev–Trinajstić information content (AvgIpc) is 3.32. The van der Waals surface area contributed by atoms with Crippen molar-refractivity contribution in [2.75, 3.05) is 19.1 Å². The van der Waals surface area contributed by atoms with E-state index in [1.807, 2.05) is 41.8 Å². The molecule has 0 unspecified atom stereocenters. The zero-order chi connectivity index (χ0) is 26.3. The number of aliphatic hydroxyl groups excluding tert-OH is 1. The number of fused-ring (bicyclic) bond motifs is 3. The van der Waals surface area contributed by atoms with Gasteiger partial charge in [0, 0.05) is 17.6 Å². The zero-order valence-electron chi connectivity index (χ0n) is 21.4. The number of rotatable bonds is 5. The molecule has 1 saturated carbocycles. The van der Waals surface area contributed by atoms with Gasteiger partial charge in [0.05, 0.1) is 36.9 Å². The molecule has 0 spiro atoms. The molecule has 3 aromatic rings. The van der Waals surface area contributed by atoms with E-state index >= 15 is 0 Å². The van der Waals surface area contributed by atoms with Gasteiger partial charge < -0.3 is 24.3 Å². The number of carboxylic acid groups (broad SMARTS) is 1. The number of ether oxygens (including phenoxy) is 2. The number of aliphatic carboxylic acids is 1. The van der Waals surface area contributed by atoms with E-state index in [4.69, 9.17) is 14.5 Å². The summed E-state index contributed by atoms with van der Waals surface area (Å²) >= 11 is 0. The third-order valence-electron chi connectivity index (χ3n) is 7.87. The Morgan fingerprint density at radius 1 is 1.14 bits per heavy atom. The van der Waals surface area contributed by atoms with E-state index in [9.17, 15) is 19.8 Å². The van der Waals surface area contributed by atoms with Gasteiger partial charge in [-0.3, -0.25) is 9.69 Å². The fourth-order valence-corrected chi connectivity index (χ4v) is 5.95. The molecule has 196 valence electrons. The average molecular weight is 508 g/mol. The first-order chi connectivity index (χ1) is 17.8. The predicted octanol–water partition coefficient (Wildman–Crippen LogP) is 4.85. The van der Waals surface area contributed by atoms with Gasteiger partial charge in [0.1, 0.15) is 17.7 Å². The highest BCUT2D eigenvalue weighted by Crippen LogP contribution is 2.42. The first kappa shape index (κ1) is 25.1. The maximum Gasteiger partial charge on any atom is 0.414 e. The molecule has 37 heavy (non-hydrogen) atoms. The van der Waals surface area contributed by atoms with Gasteiger partial charge in [-0.25, -0.2) is 9.78 Å². The maximum absolute atomic E-state index is 12.6. The number of hydrogen-bond donors (Lipinski definition) is 2. The van der Waals surface area contributed by atoms with E-state index in [1.54, 1.807) is 18.1 Å². The van der Waals surface area contributed by atoms with Crippen LogP contribution < -0.4 is 9.64 Å². The number of aryl methyl sites for hydroxylation is 1. The number of carboxylic acids is 1. The Balaban J connectivity index is 1.69. The molecular formula is C28H33N3O6. The first-order valence-corrected chi connectivity index (χ1v) is 12.8.